The summed E-state index contributed by atoms with van der Waals surface area (Å²) < 4.78 is 11.6. The first-order valence-electron chi connectivity index (χ1n) is 8.40. The summed E-state index contributed by atoms with van der Waals surface area (Å²) in [6.45, 7) is 5.92. The maximum Gasteiger partial charge on any atom is 0.258 e. The Hall–Kier alpha value is -1.91. The molecule has 0 radical (unpaired) electrons. The van der Waals surface area contributed by atoms with Gasteiger partial charge in [-0.3, -0.25) is 4.79 Å². The van der Waals surface area contributed by atoms with Crippen molar-refractivity contribution in [3.05, 3.63) is 57.6 Å². The smallest absolute Gasteiger partial charge is 0.258 e. The molecule has 6 heteroatoms. The molecular formula is C20H21Cl2NO3. The van der Waals surface area contributed by atoms with Gasteiger partial charge in [-0.15, -0.1) is 0 Å². The molecule has 1 amide bonds. The first kappa shape index (κ1) is 18.9. The molecule has 2 aromatic rings. The summed E-state index contributed by atoms with van der Waals surface area (Å²) in [5.41, 5.74) is 1.75. The molecule has 1 aliphatic heterocycles. The van der Waals surface area contributed by atoms with Crippen molar-refractivity contribution in [1.29, 1.82) is 0 Å². The number of rotatable bonds is 4. The molecule has 0 fully saturated rings. The Bertz CT molecular complexity index is 836. The van der Waals surface area contributed by atoms with E-state index in [0.717, 1.165) is 16.9 Å². The number of hydrogen-bond acceptors (Lipinski definition) is 3. The van der Waals surface area contributed by atoms with Gasteiger partial charge in [-0.1, -0.05) is 40.9 Å². The second-order valence-electron chi connectivity index (χ2n) is 7.09. The normalized spacial score (nSPS) is 17.8. The Balaban J connectivity index is 1.70. The quantitative estimate of drug-likeness (QED) is 0.785. The lowest BCUT2D eigenvalue weighted by molar-refractivity contribution is -0.124. The van der Waals surface area contributed by atoms with Crippen molar-refractivity contribution in [1.82, 2.24) is 5.32 Å². The Morgan fingerprint density at radius 3 is 2.77 bits per heavy atom. The molecule has 1 aliphatic rings. The lowest BCUT2D eigenvalue weighted by atomic mass is 9.89. The molecule has 1 atom stereocenters. The van der Waals surface area contributed by atoms with E-state index in [0.29, 0.717) is 22.2 Å². The number of aryl methyl sites for hydroxylation is 1. The van der Waals surface area contributed by atoms with E-state index in [-0.39, 0.29) is 24.2 Å². The van der Waals surface area contributed by atoms with Crippen LogP contribution in [-0.2, 0) is 4.79 Å². The molecule has 0 aromatic heterocycles. The van der Waals surface area contributed by atoms with Crippen LogP contribution in [0, 0.1) is 6.92 Å². The number of hydrogen-bond donors (Lipinski definition) is 1. The van der Waals surface area contributed by atoms with Crippen LogP contribution in [0.5, 0.6) is 11.5 Å². The fraction of sp³-hybridized carbons (Fsp3) is 0.350. The SMILES string of the molecule is Cc1ccc2c(c1)C(NC(=O)COc1ccc(Cl)cc1Cl)CC(C)(C)O2. The predicted molar refractivity (Wildman–Crippen MR) is 103 cm³/mol. The van der Waals surface area contributed by atoms with Gasteiger partial charge in [0.05, 0.1) is 11.1 Å². The zero-order valence-electron chi connectivity index (χ0n) is 14.9. The summed E-state index contributed by atoms with van der Waals surface area (Å²) in [6, 6.07) is 10.8. The lowest BCUT2D eigenvalue weighted by Gasteiger charge is -2.38. The van der Waals surface area contributed by atoms with Crippen molar-refractivity contribution in [2.45, 2.75) is 38.8 Å². The van der Waals surface area contributed by atoms with Crippen molar-refractivity contribution in [2.75, 3.05) is 6.61 Å². The second-order valence-corrected chi connectivity index (χ2v) is 7.93. The van der Waals surface area contributed by atoms with Crippen molar-refractivity contribution in [3.8, 4) is 11.5 Å². The van der Waals surface area contributed by atoms with E-state index in [2.05, 4.69) is 5.32 Å². The van der Waals surface area contributed by atoms with Gasteiger partial charge < -0.3 is 14.8 Å². The van der Waals surface area contributed by atoms with Gasteiger partial charge in [0.1, 0.15) is 17.1 Å². The molecule has 0 saturated carbocycles. The van der Waals surface area contributed by atoms with Crippen LogP contribution in [0.3, 0.4) is 0 Å². The zero-order chi connectivity index (χ0) is 18.9. The molecule has 3 rings (SSSR count). The molecule has 0 aliphatic carbocycles. The van der Waals surface area contributed by atoms with Gasteiger partial charge in [-0.25, -0.2) is 0 Å². The Morgan fingerprint density at radius 2 is 2.04 bits per heavy atom. The second kappa shape index (κ2) is 7.37. The molecule has 138 valence electrons. The third-order valence-electron chi connectivity index (χ3n) is 4.21. The molecule has 0 spiro atoms. The van der Waals surface area contributed by atoms with Crippen molar-refractivity contribution >= 4 is 29.1 Å². The Labute approximate surface area is 163 Å². The third-order valence-corrected chi connectivity index (χ3v) is 4.74. The van der Waals surface area contributed by atoms with Gasteiger partial charge in [0.2, 0.25) is 0 Å². The molecule has 0 bridgehead atoms. The van der Waals surface area contributed by atoms with Crippen LogP contribution in [0.4, 0.5) is 0 Å². The number of carbonyl (C=O) groups is 1. The van der Waals surface area contributed by atoms with Crippen molar-refractivity contribution < 1.29 is 14.3 Å². The van der Waals surface area contributed by atoms with Crippen LogP contribution in [0.15, 0.2) is 36.4 Å². The van der Waals surface area contributed by atoms with Gasteiger partial charge in [0.25, 0.3) is 5.91 Å². The molecule has 26 heavy (non-hydrogen) atoms. The first-order valence-corrected chi connectivity index (χ1v) is 9.16. The topological polar surface area (TPSA) is 47.6 Å². The third kappa shape index (κ3) is 4.43. The standard InChI is InChI=1S/C20H21Cl2NO3/c1-12-4-6-17-14(8-12)16(10-20(2,3)26-17)23-19(24)11-25-18-7-5-13(21)9-15(18)22/h4-9,16H,10-11H2,1-3H3,(H,23,24). The number of benzene rings is 2. The van der Waals surface area contributed by atoms with Crippen LogP contribution in [0.1, 0.15) is 37.4 Å². The molecular weight excluding hydrogens is 373 g/mol. The monoisotopic (exact) mass is 393 g/mol. The van der Waals surface area contributed by atoms with Crippen LogP contribution in [0.2, 0.25) is 10.0 Å². The van der Waals surface area contributed by atoms with E-state index < -0.39 is 0 Å². The maximum absolute atomic E-state index is 12.4. The molecule has 1 unspecified atom stereocenters. The van der Waals surface area contributed by atoms with Crippen molar-refractivity contribution in [3.63, 3.8) is 0 Å². The number of halogens is 2. The fourth-order valence-electron chi connectivity index (χ4n) is 3.07. The van der Waals surface area contributed by atoms with Crippen LogP contribution in [0.25, 0.3) is 0 Å². The number of carbonyl (C=O) groups excluding carboxylic acids is 1. The predicted octanol–water partition coefficient (Wildman–Crippen LogP) is 5.10. The summed E-state index contributed by atoms with van der Waals surface area (Å²) in [5.74, 6) is 1.01. The zero-order valence-corrected chi connectivity index (χ0v) is 16.4. The lowest BCUT2D eigenvalue weighted by Crippen LogP contribution is -2.42. The number of amides is 1. The molecule has 4 nitrogen and oxygen atoms in total. The minimum atomic E-state index is -0.361. The minimum Gasteiger partial charge on any atom is -0.487 e. The van der Waals surface area contributed by atoms with Gasteiger partial charge in [0, 0.05) is 17.0 Å². The average molecular weight is 394 g/mol. The van der Waals surface area contributed by atoms with E-state index in [1.807, 2.05) is 39.0 Å². The van der Waals surface area contributed by atoms with Gasteiger partial charge in [-0.05, 0) is 45.0 Å². The summed E-state index contributed by atoms with van der Waals surface area (Å²) in [7, 11) is 0. The highest BCUT2D eigenvalue weighted by Gasteiger charge is 2.34. The summed E-state index contributed by atoms with van der Waals surface area (Å²) in [5, 5.41) is 3.94. The van der Waals surface area contributed by atoms with Gasteiger partial charge in [0.15, 0.2) is 6.61 Å². The maximum atomic E-state index is 12.4. The molecule has 0 saturated heterocycles. The van der Waals surface area contributed by atoms with Crippen LogP contribution < -0.4 is 14.8 Å². The number of ether oxygens (including phenoxy) is 2. The number of fused-ring (bicyclic) bond motifs is 1. The molecule has 1 heterocycles. The van der Waals surface area contributed by atoms with Gasteiger partial charge >= 0.3 is 0 Å². The highest BCUT2D eigenvalue weighted by atomic mass is 35.5. The summed E-state index contributed by atoms with van der Waals surface area (Å²) >= 11 is 11.9. The Morgan fingerprint density at radius 1 is 1.27 bits per heavy atom. The molecule has 2 aromatic carbocycles. The van der Waals surface area contributed by atoms with E-state index >= 15 is 0 Å². The first-order chi connectivity index (χ1) is 12.2. The van der Waals surface area contributed by atoms with E-state index in [9.17, 15) is 4.79 Å². The van der Waals surface area contributed by atoms with Crippen LogP contribution in [-0.4, -0.2) is 18.1 Å². The summed E-state index contributed by atoms with van der Waals surface area (Å²) in [4.78, 5) is 12.4. The van der Waals surface area contributed by atoms with Crippen LogP contribution >= 0.6 is 23.2 Å². The summed E-state index contributed by atoms with van der Waals surface area (Å²) in [6.07, 6.45) is 0.677. The fourth-order valence-corrected chi connectivity index (χ4v) is 3.54. The minimum absolute atomic E-state index is 0.125. The van der Waals surface area contributed by atoms with E-state index in [4.69, 9.17) is 32.7 Å². The van der Waals surface area contributed by atoms with E-state index in [1.165, 1.54) is 0 Å². The number of nitrogens with one attached hydrogen (secondary N) is 1. The van der Waals surface area contributed by atoms with Crippen molar-refractivity contribution in [2.24, 2.45) is 0 Å². The highest BCUT2D eigenvalue weighted by Crippen LogP contribution is 2.39. The van der Waals surface area contributed by atoms with Gasteiger partial charge in [-0.2, -0.15) is 0 Å². The largest absolute Gasteiger partial charge is 0.487 e. The average Bonchev–Trinajstić information content (AvgIpc) is 2.54. The highest BCUT2D eigenvalue weighted by molar-refractivity contribution is 6.35. The van der Waals surface area contributed by atoms with E-state index in [1.54, 1.807) is 18.2 Å². The molecule has 1 N–H and O–H groups in total. The Kier molecular flexibility index (Phi) is 5.35.